The minimum atomic E-state index is 0.529. The average Bonchev–Trinajstić information content (AvgIpc) is 2.15. The predicted octanol–water partition coefficient (Wildman–Crippen LogP) is 2.76. The van der Waals surface area contributed by atoms with E-state index < -0.39 is 0 Å². The number of hydrogen-bond acceptors (Lipinski definition) is 2. The van der Waals surface area contributed by atoms with Gasteiger partial charge in [-0.3, -0.25) is 0 Å². The van der Waals surface area contributed by atoms with Crippen molar-refractivity contribution in [1.29, 1.82) is 0 Å². The Labute approximate surface area is 79.3 Å². The minimum Gasteiger partial charge on any atom is -0.477 e. The van der Waals surface area contributed by atoms with Crippen LogP contribution in [0.3, 0.4) is 0 Å². The van der Waals surface area contributed by atoms with Crippen LogP contribution in [0.2, 0.25) is 0 Å². The predicted molar refractivity (Wildman–Crippen MR) is 54.7 cm³/mol. The summed E-state index contributed by atoms with van der Waals surface area (Å²) in [6.45, 7) is 8.58. The Hall–Kier alpha value is -1.31. The van der Waals surface area contributed by atoms with Gasteiger partial charge in [-0.15, -0.1) is 0 Å². The summed E-state index contributed by atoms with van der Waals surface area (Å²) in [5.41, 5.74) is 1.01. The standard InChI is InChI=1S/C11H15NO/c1-4-10-5-6-11(12-7-10)13-8-9(2)3/h4-7,9H,1,8H2,2-3H3. The van der Waals surface area contributed by atoms with E-state index in [0.29, 0.717) is 18.4 Å². The third-order valence-corrected chi connectivity index (χ3v) is 1.56. The first-order chi connectivity index (χ1) is 6.22. The van der Waals surface area contributed by atoms with Crippen molar-refractivity contribution in [2.24, 2.45) is 5.92 Å². The van der Waals surface area contributed by atoms with Gasteiger partial charge in [-0.05, 0) is 17.5 Å². The summed E-state index contributed by atoms with van der Waals surface area (Å²) in [7, 11) is 0. The van der Waals surface area contributed by atoms with Crippen molar-refractivity contribution in [2.75, 3.05) is 6.61 Å². The Bertz CT molecular complexity index is 264. The summed E-state index contributed by atoms with van der Waals surface area (Å²) in [4.78, 5) is 4.13. The van der Waals surface area contributed by atoms with Gasteiger partial charge in [0.15, 0.2) is 0 Å². The molecular weight excluding hydrogens is 162 g/mol. The van der Waals surface area contributed by atoms with Crippen LogP contribution in [0, 0.1) is 5.92 Å². The summed E-state index contributed by atoms with van der Waals surface area (Å²) in [6.07, 6.45) is 3.52. The maximum atomic E-state index is 5.42. The molecule has 0 atom stereocenters. The van der Waals surface area contributed by atoms with Crippen LogP contribution in [-0.4, -0.2) is 11.6 Å². The summed E-state index contributed by atoms with van der Waals surface area (Å²) in [6, 6.07) is 3.80. The van der Waals surface area contributed by atoms with Crippen LogP contribution >= 0.6 is 0 Å². The van der Waals surface area contributed by atoms with E-state index in [1.165, 1.54) is 0 Å². The number of nitrogens with zero attached hydrogens (tertiary/aromatic N) is 1. The van der Waals surface area contributed by atoms with E-state index in [-0.39, 0.29) is 0 Å². The molecule has 0 bridgehead atoms. The van der Waals surface area contributed by atoms with Gasteiger partial charge in [0.2, 0.25) is 5.88 Å². The molecule has 0 aliphatic carbocycles. The fourth-order valence-electron chi connectivity index (χ4n) is 0.850. The Morgan fingerprint density at radius 3 is 2.77 bits per heavy atom. The lowest BCUT2D eigenvalue weighted by Gasteiger charge is -2.06. The van der Waals surface area contributed by atoms with E-state index >= 15 is 0 Å². The topological polar surface area (TPSA) is 22.1 Å². The number of aromatic nitrogens is 1. The van der Waals surface area contributed by atoms with Crippen LogP contribution in [0.1, 0.15) is 19.4 Å². The molecule has 0 radical (unpaired) electrons. The third-order valence-electron chi connectivity index (χ3n) is 1.56. The van der Waals surface area contributed by atoms with Crippen molar-refractivity contribution in [3.8, 4) is 5.88 Å². The highest BCUT2D eigenvalue weighted by Gasteiger charge is 1.97. The third kappa shape index (κ3) is 3.28. The number of rotatable bonds is 4. The molecule has 0 unspecified atom stereocenters. The molecule has 0 aliphatic rings. The number of hydrogen-bond donors (Lipinski definition) is 0. The van der Waals surface area contributed by atoms with Gasteiger partial charge in [0.1, 0.15) is 0 Å². The molecule has 70 valence electrons. The monoisotopic (exact) mass is 177 g/mol. The molecule has 1 rings (SSSR count). The summed E-state index contributed by atoms with van der Waals surface area (Å²) >= 11 is 0. The maximum Gasteiger partial charge on any atom is 0.213 e. The van der Waals surface area contributed by atoms with Crippen molar-refractivity contribution < 1.29 is 4.74 Å². The first kappa shape index (κ1) is 9.78. The van der Waals surface area contributed by atoms with Crippen molar-refractivity contribution in [1.82, 2.24) is 4.98 Å². The molecule has 0 fully saturated rings. The first-order valence-corrected chi connectivity index (χ1v) is 4.43. The van der Waals surface area contributed by atoms with E-state index in [0.717, 1.165) is 5.56 Å². The molecule has 0 saturated carbocycles. The molecule has 2 nitrogen and oxygen atoms in total. The van der Waals surface area contributed by atoms with Gasteiger partial charge >= 0.3 is 0 Å². The second-order valence-corrected chi connectivity index (χ2v) is 3.34. The number of ether oxygens (including phenoxy) is 1. The second-order valence-electron chi connectivity index (χ2n) is 3.34. The van der Waals surface area contributed by atoms with Crippen LogP contribution < -0.4 is 4.74 Å². The smallest absolute Gasteiger partial charge is 0.213 e. The molecule has 0 saturated heterocycles. The van der Waals surface area contributed by atoms with Crippen molar-refractivity contribution >= 4 is 6.08 Å². The van der Waals surface area contributed by atoms with Crippen LogP contribution in [0.5, 0.6) is 5.88 Å². The van der Waals surface area contributed by atoms with Gasteiger partial charge < -0.3 is 4.74 Å². The van der Waals surface area contributed by atoms with E-state index in [2.05, 4.69) is 25.4 Å². The Morgan fingerprint density at radius 2 is 2.31 bits per heavy atom. The Kier molecular flexibility index (Phi) is 3.50. The highest BCUT2D eigenvalue weighted by Crippen LogP contribution is 2.09. The van der Waals surface area contributed by atoms with E-state index in [1.54, 1.807) is 12.3 Å². The highest BCUT2D eigenvalue weighted by molar-refractivity contribution is 5.45. The fourth-order valence-corrected chi connectivity index (χ4v) is 0.850. The zero-order chi connectivity index (χ0) is 9.68. The molecule has 0 spiro atoms. The molecule has 13 heavy (non-hydrogen) atoms. The minimum absolute atomic E-state index is 0.529. The van der Waals surface area contributed by atoms with E-state index in [4.69, 9.17) is 4.74 Å². The normalized spacial score (nSPS) is 10.1. The lowest BCUT2D eigenvalue weighted by molar-refractivity contribution is 0.261. The van der Waals surface area contributed by atoms with Gasteiger partial charge in [0.25, 0.3) is 0 Å². The quantitative estimate of drug-likeness (QED) is 0.705. The van der Waals surface area contributed by atoms with Gasteiger partial charge in [-0.25, -0.2) is 4.98 Å². The van der Waals surface area contributed by atoms with Gasteiger partial charge in [0.05, 0.1) is 6.61 Å². The van der Waals surface area contributed by atoms with Crippen molar-refractivity contribution in [3.63, 3.8) is 0 Å². The van der Waals surface area contributed by atoms with E-state index in [1.807, 2.05) is 12.1 Å². The first-order valence-electron chi connectivity index (χ1n) is 4.43. The molecule has 2 heteroatoms. The Morgan fingerprint density at radius 1 is 1.54 bits per heavy atom. The summed E-state index contributed by atoms with van der Waals surface area (Å²) < 4.78 is 5.42. The average molecular weight is 177 g/mol. The van der Waals surface area contributed by atoms with Crippen LogP contribution in [0.15, 0.2) is 24.9 Å². The molecule has 0 N–H and O–H groups in total. The van der Waals surface area contributed by atoms with Crippen molar-refractivity contribution in [2.45, 2.75) is 13.8 Å². The summed E-state index contributed by atoms with van der Waals surface area (Å²) in [5, 5.41) is 0. The molecule has 0 aliphatic heterocycles. The fraction of sp³-hybridized carbons (Fsp3) is 0.364. The molecular formula is C11H15NO. The lowest BCUT2D eigenvalue weighted by Crippen LogP contribution is -2.05. The second kappa shape index (κ2) is 4.65. The lowest BCUT2D eigenvalue weighted by atomic mass is 10.2. The van der Waals surface area contributed by atoms with Crippen LogP contribution in [0.25, 0.3) is 6.08 Å². The molecule has 0 amide bonds. The van der Waals surface area contributed by atoms with Crippen LogP contribution in [0.4, 0.5) is 0 Å². The van der Waals surface area contributed by atoms with E-state index in [9.17, 15) is 0 Å². The van der Waals surface area contributed by atoms with Gasteiger partial charge in [0, 0.05) is 12.3 Å². The largest absolute Gasteiger partial charge is 0.477 e. The Balaban J connectivity index is 2.54. The van der Waals surface area contributed by atoms with Crippen molar-refractivity contribution in [3.05, 3.63) is 30.5 Å². The van der Waals surface area contributed by atoms with Gasteiger partial charge in [-0.2, -0.15) is 0 Å². The van der Waals surface area contributed by atoms with Gasteiger partial charge in [-0.1, -0.05) is 26.5 Å². The maximum absolute atomic E-state index is 5.42. The molecule has 0 aromatic carbocycles. The van der Waals surface area contributed by atoms with Crippen LogP contribution in [-0.2, 0) is 0 Å². The zero-order valence-electron chi connectivity index (χ0n) is 8.16. The molecule has 1 aromatic rings. The highest BCUT2D eigenvalue weighted by atomic mass is 16.5. The summed E-state index contributed by atoms with van der Waals surface area (Å²) in [5.74, 6) is 1.21. The SMILES string of the molecule is C=Cc1ccc(OCC(C)C)nc1. The molecule has 1 aromatic heterocycles. The number of pyridine rings is 1. The molecule has 1 heterocycles. The zero-order valence-corrected chi connectivity index (χ0v) is 8.16.